The van der Waals surface area contributed by atoms with Crippen LogP contribution in [0.15, 0.2) is 29.2 Å². The molecule has 1 aliphatic carbocycles. The molecule has 0 bridgehead atoms. The minimum Gasteiger partial charge on any atom is -0.389 e. The topological polar surface area (TPSA) is 66.4 Å². The van der Waals surface area contributed by atoms with Crippen molar-refractivity contribution in [3.05, 3.63) is 30.1 Å². The van der Waals surface area contributed by atoms with Gasteiger partial charge in [-0.2, -0.15) is 0 Å². The van der Waals surface area contributed by atoms with Crippen molar-refractivity contribution in [2.24, 2.45) is 0 Å². The Balaban J connectivity index is 2.05. The number of sulfonamides is 1. The Labute approximate surface area is 106 Å². The van der Waals surface area contributed by atoms with Crippen molar-refractivity contribution < 1.29 is 17.9 Å². The number of aliphatic hydroxyl groups is 1. The van der Waals surface area contributed by atoms with E-state index in [1.54, 1.807) is 0 Å². The summed E-state index contributed by atoms with van der Waals surface area (Å²) in [4.78, 5) is 0.00509. The number of nitrogens with one attached hydrogen (secondary N) is 1. The second kappa shape index (κ2) is 4.95. The molecule has 1 saturated carbocycles. The number of benzene rings is 1. The first-order valence-corrected chi connectivity index (χ1v) is 7.37. The van der Waals surface area contributed by atoms with Gasteiger partial charge in [0.05, 0.1) is 10.5 Å². The fourth-order valence-corrected chi connectivity index (χ4v) is 3.26. The molecule has 0 saturated heterocycles. The molecular weight excluding hydrogens is 257 g/mol. The lowest BCUT2D eigenvalue weighted by Gasteiger charge is -2.22. The molecule has 1 aromatic carbocycles. The Kier molecular flexibility index (Phi) is 3.70. The molecule has 1 aromatic rings. The van der Waals surface area contributed by atoms with Crippen LogP contribution >= 0.6 is 0 Å². The Morgan fingerprint density at radius 3 is 2.33 bits per heavy atom. The van der Waals surface area contributed by atoms with Crippen LogP contribution in [0.2, 0.25) is 0 Å². The Morgan fingerprint density at radius 2 is 1.78 bits per heavy atom. The maximum absolute atomic E-state index is 12.7. The van der Waals surface area contributed by atoms with Crippen LogP contribution in [-0.4, -0.2) is 25.7 Å². The summed E-state index contributed by atoms with van der Waals surface area (Å²) >= 11 is 0. The largest absolute Gasteiger partial charge is 0.389 e. The molecule has 0 amide bonds. The Bertz CT molecular complexity index is 507. The summed E-state index contributed by atoms with van der Waals surface area (Å²) in [5, 5.41) is 10.1. The molecule has 2 N–H and O–H groups in total. The molecule has 0 aromatic heterocycles. The summed E-state index contributed by atoms with van der Waals surface area (Å²) in [6.07, 6.45) is 3.04. The molecule has 1 fully saturated rings. The van der Waals surface area contributed by atoms with E-state index in [1.807, 2.05) is 0 Å². The lowest BCUT2D eigenvalue weighted by Crippen LogP contribution is -2.40. The van der Waals surface area contributed by atoms with E-state index in [0.29, 0.717) is 12.8 Å². The zero-order chi connectivity index (χ0) is 13.2. The van der Waals surface area contributed by atoms with Crippen LogP contribution in [0.3, 0.4) is 0 Å². The van der Waals surface area contributed by atoms with E-state index in [-0.39, 0.29) is 11.4 Å². The van der Waals surface area contributed by atoms with Crippen molar-refractivity contribution in [3.63, 3.8) is 0 Å². The van der Waals surface area contributed by atoms with Gasteiger partial charge in [-0.3, -0.25) is 0 Å². The van der Waals surface area contributed by atoms with Gasteiger partial charge in [-0.05, 0) is 37.1 Å². The van der Waals surface area contributed by atoms with Crippen molar-refractivity contribution in [2.45, 2.75) is 36.2 Å². The van der Waals surface area contributed by atoms with Crippen LogP contribution < -0.4 is 4.72 Å². The van der Waals surface area contributed by atoms with Crippen molar-refractivity contribution in [2.75, 3.05) is 6.54 Å². The predicted octanol–water partition coefficient (Wildman–Crippen LogP) is 1.41. The first-order valence-electron chi connectivity index (χ1n) is 5.89. The van der Waals surface area contributed by atoms with Crippen molar-refractivity contribution in [1.82, 2.24) is 4.72 Å². The molecular formula is C12H16FNO3S. The minimum absolute atomic E-state index is 0.00509. The van der Waals surface area contributed by atoms with Crippen LogP contribution in [0.4, 0.5) is 4.39 Å². The maximum atomic E-state index is 12.7. The van der Waals surface area contributed by atoms with Gasteiger partial charge in [0.25, 0.3) is 0 Å². The van der Waals surface area contributed by atoms with E-state index in [0.717, 1.165) is 25.0 Å². The number of hydrogen-bond acceptors (Lipinski definition) is 3. The van der Waals surface area contributed by atoms with Gasteiger partial charge in [0.2, 0.25) is 10.0 Å². The highest BCUT2D eigenvalue weighted by molar-refractivity contribution is 7.89. The fourth-order valence-electron chi connectivity index (χ4n) is 2.14. The zero-order valence-electron chi connectivity index (χ0n) is 9.89. The summed E-state index contributed by atoms with van der Waals surface area (Å²) in [6.45, 7) is 0.00666. The summed E-state index contributed by atoms with van der Waals surface area (Å²) in [7, 11) is -3.68. The third kappa shape index (κ3) is 3.07. The van der Waals surface area contributed by atoms with E-state index in [9.17, 15) is 17.9 Å². The van der Waals surface area contributed by atoms with Gasteiger partial charge in [0, 0.05) is 6.54 Å². The first-order chi connectivity index (χ1) is 8.41. The molecule has 0 spiro atoms. The van der Waals surface area contributed by atoms with Crippen molar-refractivity contribution >= 4 is 10.0 Å². The molecule has 6 heteroatoms. The fraction of sp³-hybridized carbons (Fsp3) is 0.500. The van der Waals surface area contributed by atoms with E-state index in [2.05, 4.69) is 4.72 Å². The number of halogens is 1. The smallest absolute Gasteiger partial charge is 0.240 e. The number of hydrogen-bond donors (Lipinski definition) is 2. The van der Waals surface area contributed by atoms with Crippen molar-refractivity contribution in [3.8, 4) is 0 Å². The molecule has 100 valence electrons. The highest BCUT2D eigenvalue weighted by Crippen LogP contribution is 2.29. The summed E-state index contributed by atoms with van der Waals surface area (Å²) in [5.41, 5.74) is -0.937. The first kappa shape index (κ1) is 13.5. The van der Waals surface area contributed by atoms with Gasteiger partial charge >= 0.3 is 0 Å². The zero-order valence-corrected chi connectivity index (χ0v) is 10.7. The lowest BCUT2D eigenvalue weighted by molar-refractivity contribution is 0.0532. The Hall–Kier alpha value is -0.980. The van der Waals surface area contributed by atoms with Crippen LogP contribution in [-0.2, 0) is 10.0 Å². The molecule has 0 atom stereocenters. The molecule has 4 nitrogen and oxygen atoms in total. The lowest BCUT2D eigenvalue weighted by atomic mass is 10.0. The van der Waals surface area contributed by atoms with E-state index in [4.69, 9.17) is 0 Å². The predicted molar refractivity (Wildman–Crippen MR) is 65.0 cm³/mol. The second-order valence-corrected chi connectivity index (χ2v) is 6.48. The molecule has 0 radical (unpaired) electrons. The van der Waals surface area contributed by atoms with E-state index >= 15 is 0 Å². The van der Waals surface area contributed by atoms with Gasteiger partial charge in [0.1, 0.15) is 5.82 Å². The molecule has 1 aliphatic rings. The van der Waals surface area contributed by atoms with E-state index in [1.165, 1.54) is 12.1 Å². The van der Waals surface area contributed by atoms with Gasteiger partial charge in [0.15, 0.2) is 0 Å². The average molecular weight is 273 g/mol. The third-order valence-corrected chi connectivity index (χ3v) is 4.67. The minimum atomic E-state index is -3.68. The average Bonchev–Trinajstić information content (AvgIpc) is 2.75. The van der Waals surface area contributed by atoms with E-state index < -0.39 is 21.4 Å². The van der Waals surface area contributed by atoms with Crippen LogP contribution in [0.1, 0.15) is 25.7 Å². The second-order valence-electron chi connectivity index (χ2n) is 4.71. The Morgan fingerprint density at radius 1 is 1.22 bits per heavy atom. The van der Waals surface area contributed by atoms with Crippen molar-refractivity contribution in [1.29, 1.82) is 0 Å². The summed E-state index contributed by atoms with van der Waals surface area (Å²) in [5.74, 6) is -0.483. The maximum Gasteiger partial charge on any atom is 0.240 e. The molecule has 0 aliphatic heterocycles. The van der Waals surface area contributed by atoms with Crippen LogP contribution in [0.25, 0.3) is 0 Å². The van der Waals surface area contributed by atoms with Gasteiger partial charge in [-0.15, -0.1) is 0 Å². The highest BCUT2D eigenvalue weighted by Gasteiger charge is 2.32. The SMILES string of the molecule is O=S(=O)(NCC1(O)CCCC1)c1ccc(F)cc1. The van der Waals surface area contributed by atoms with Crippen LogP contribution in [0.5, 0.6) is 0 Å². The van der Waals surface area contributed by atoms with Gasteiger partial charge in [-0.1, -0.05) is 12.8 Å². The number of rotatable bonds is 4. The molecule has 2 rings (SSSR count). The third-order valence-electron chi connectivity index (χ3n) is 3.25. The van der Waals surface area contributed by atoms with Crippen LogP contribution in [0, 0.1) is 5.82 Å². The monoisotopic (exact) mass is 273 g/mol. The normalized spacial score (nSPS) is 19.0. The molecule has 0 heterocycles. The standard InChI is InChI=1S/C12H16FNO3S/c13-10-3-5-11(6-4-10)18(16,17)14-9-12(15)7-1-2-8-12/h3-6,14-15H,1-2,7-9H2. The highest BCUT2D eigenvalue weighted by atomic mass is 32.2. The quantitative estimate of drug-likeness (QED) is 0.871. The van der Waals surface area contributed by atoms with Gasteiger partial charge in [-0.25, -0.2) is 17.5 Å². The summed E-state index contributed by atoms with van der Waals surface area (Å²) in [6, 6.07) is 4.60. The molecule has 0 unspecified atom stereocenters. The summed E-state index contributed by atoms with van der Waals surface area (Å²) < 4.78 is 38.9. The molecule has 18 heavy (non-hydrogen) atoms. The van der Waals surface area contributed by atoms with Gasteiger partial charge < -0.3 is 5.11 Å².